The van der Waals surface area contributed by atoms with Gasteiger partial charge in [-0.1, -0.05) is 13.8 Å². The number of hydrogen-bond acceptors (Lipinski definition) is 4. The van der Waals surface area contributed by atoms with Gasteiger partial charge < -0.3 is 15.2 Å². The smallest absolute Gasteiger partial charge is 0.354 e. The van der Waals surface area contributed by atoms with E-state index < -0.39 is 18.8 Å². The standard InChI is InChI=1S/C16H26F3N5O/c1-12(2)15-21-6-10-24(15)7-3-14(25)22-11-13(16(17,18)19)23-8-4-20-5-9-23/h6,10,12-13,20H,3-5,7-9,11H2,1-2H3,(H,22,25). The Bertz CT molecular complexity index is 552. The van der Waals surface area contributed by atoms with Crippen LogP contribution >= 0.6 is 0 Å². The number of carbonyl (C=O) groups excluding carboxylic acids is 1. The maximum absolute atomic E-state index is 13.3. The van der Waals surface area contributed by atoms with Crippen LogP contribution in [0.15, 0.2) is 12.4 Å². The van der Waals surface area contributed by atoms with E-state index in [0.717, 1.165) is 5.82 Å². The van der Waals surface area contributed by atoms with E-state index in [1.165, 1.54) is 4.90 Å². The van der Waals surface area contributed by atoms with E-state index in [4.69, 9.17) is 0 Å². The lowest BCUT2D eigenvalue weighted by atomic mass is 10.2. The number of halogens is 3. The molecule has 0 spiro atoms. The second-order valence-corrected chi connectivity index (χ2v) is 6.53. The van der Waals surface area contributed by atoms with E-state index in [9.17, 15) is 18.0 Å². The highest BCUT2D eigenvalue weighted by Gasteiger charge is 2.43. The molecule has 1 aromatic rings. The zero-order chi connectivity index (χ0) is 18.4. The third-order valence-electron chi connectivity index (χ3n) is 4.31. The normalized spacial score (nSPS) is 17.7. The predicted octanol–water partition coefficient (Wildman–Crippen LogP) is 1.35. The molecule has 1 atom stereocenters. The van der Waals surface area contributed by atoms with Gasteiger partial charge in [0.15, 0.2) is 0 Å². The third-order valence-corrected chi connectivity index (χ3v) is 4.31. The van der Waals surface area contributed by atoms with Crippen LogP contribution < -0.4 is 10.6 Å². The van der Waals surface area contributed by atoms with Crippen molar-refractivity contribution < 1.29 is 18.0 Å². The Kier molecular flexibility index (Phi) is 6.83. The first-order valence-corrected chi connectivity index (χ1v) is 8.58. The van der Waals surface area contributed by atoms with Crippen molar-refractivity contribution in [2.75, 3.05) is 32.7 Å². The number of alkyl halides is 3. The number of aromatic nitrogens is 2. The van der Waals surface area contributed by atoms with Gasteiger partial charge in [-0.05, 0) is 0 Å². The maximum Gasteiger partial charge on any atom is 0.405 e. The van der Waals surface area contributed by atoms with E-state index in [-0.39, 0.29) is 18.2 Å². The van der Waals surface area contributed by atoms with Crippen LogP contribution in [0.1, 0.15) is 32.0 Å². The van der Waals surface area contributed by atoms with Crippen LogP contribution in [0, 0.1) is 0 Å². The van der Waals surface area contributed by atoms with Crippen molar-refractivity contribution in [2.24, 2.45) is 0 Å². The summed E-state index contributed by atoms with van der Waals surface area (Å²) in [5.41, 5.74) is 0. The lowest BCUT2D eigenvalue weighted by Crippen LogP contribution is -2.57. The Balaban J connectivity index is 1.85. The van der Waals surface area contributed by atoms with Crippen molar-refractivity contribution in [2.45, 2.75) is 44.9 Å². The zero-order valence-electron chi connectivity index (χ0n) is 14.6. The van der Waals surface area contributed by atoms with Gasteiger partial charge in [-0.25, -0.2) is 4.98 Å². The van der Waals surface area contributed by atoms with E-state index in [2.05, 4.69) is 15.6 Å². The molecule has 1 fully saturated rings. The highest BCUT2D eigenvalue weighted by molar-refractivity contribution is 5.75. The van der Waals surface area contributed by atoms with Gasteiger partial charge in [0.25, 0.3) is 0 Å². The zero-order valence-corrected chi connectivity index (χ0v) is 14.6. The summed E-state index contributed by atoms with van der Waals surface area (Å²) in [7, 11) is 0. The van der Waals surface area contributed by atoms with Crippen LogP contribution in [0.5, 0.6) is 0 Å². The van der Waals surface area contributed by atoms with Crippen LogP contribution in [-0.2, 0) is 11.3 Å². The Morgan fingerprint density at radius 2 is 2.04 bits per heavy atom. The van der Waals surface area contributed by atoms with Gasteiger partial charge in [-0.3, -0.25) is 9.69 Å². The second-order valence-electron chi connectivity index (χ2n) is 6.53. The third kappa shape index (κ3) is 5.71. The molecule has 1 saturated heterocycles. The second kappa shape index (κ2) is 8.66. The number of piperazine rings is 1. The van der Waals surface area contributed by atoms with Gasteiger partial charge >= 0.3 is 6.18 Å². The van der Waals surface area contributed by atoms with Gasteiger partial charge in [0.2, 0.25) is 5.91 Å². The molecule has 0 saturated carbocycles. The molecule has 0 bridgehead atoms. The molecule has 0 aliphatic carbocycles. The number of aryl methyl sites for hydroxylation is 1. The van der Waals surface area contributed by atoms with Crippen molar-refractivity contribution >= 4 is 5.91 Å². The van der Waals surface area contributed by atoms with Crippen molar-refractivity contribution in [3.05, 3.63) is 18.2 Å². The molecule has 9 heteroatoms. The first-order chi connectivity index (χ1) is 11.8. The lowest BCUT2D eigenvalue weighted by Gasteiger charge is -2.35. The van der Waals surface area contributed by atoms with Crippen LogP contribution in [0.3, 0.4) is 0 Å². The first-order valence-electron chi connectivity index (χ1n) is 8.58. The Hall–Kier alpha value is -1.61. The molecule has 1 aromatic heterocycles. The summed E-state index contributed by atoms with van der Waals surface area (Å²) in [6.07, 6.45) is -0.791. The molecule has 2 heterocycles. The van der Waals surface area contributed by atoms with Gasteiger partial charge in [0.1, 0.15) is 11.9 Å². The average molecular weight is 361 g/mol. The molecule has 1 unspecified atom stereocenters. The minimum absolute atomic E-state index is 0.127. The van der Waals surface area contributed by atoms with Crippen molar-refractivity contribution in [1.29, 1.82) is 0 Å². The maximum atomic E-state index is 13.3. The summed E-state index contributed by atoms with van der Waals surface area (Å²) in [5, 5.41) is 5.47. The van der Waals surface area contributed by atoms with Gasteiger partial charge in [-0.2, -0.15) is 13.2 Å². The Morgan fingerprint density at radius 1 is 1.36 bits per heavy atom. The van der Waals surface area contributed by atoms with E-state index in [1.54, 1.807) is 12.4 Å². The molecule has 1 aliphatic rings. The van der Waals surface area contributed by atoms with Gasteiger partial charge in [0.05, 0.1) is 0 Å². The van der Waals surface area contributed by atoms with Crippen molar-refractivity contribution in [1.82, 2.24) is 25.1 Å². The van der Waals surface area contributed by atoms with E-state index in [0.29, 0.717) is 32.7 Å². The van der Waals surface area contributed by atoms with E-state index >= 15 is 0 Å². The number of nitrogens with one attached hydrogen (secondary N) is 2. The molecular formula is C16H26F3N5O. The molecule has 1 aliphatic heterocycles. The number of nitrogens with zero attached hydrogens (tertiary/aromatic N) is 3. The highest BCUT2D eigenvalue weighted by Crippen LogP contribution is 2.24. The van der Waals surface area contributed by atoms with E-state index in [1.807, 2.05) is 18.4 Å². The number of imidazole rings is 1. The molecule has 1 amide bonds. The fourth-order valence-corrected chi connectivity index (χ4v) is 2.98. The minimum atomic E-state index is -4.36. The van der Waals surface area contributed by atoms with Crippen LogP contribution in [0.25, 0.3) is 0 Å². The SMILES string of the molecule is CC(C)c1nccn1CCC(=O)NCC(N1CCNCC1)C(F)(F)F. The largest absolute Gasteiger partial charge is 0.405 e. The number of amides is 1. The van der Waals surface area contributed by atoms with Crippen molar-refractivity contribution in [3.8, 4) is 0 Å². The molecule has 6 nitrogen and oxygen atoms in total. The quantitative estimate of drug-likeness (QED) is 0.770. The van der Waals surface area contributed by atoms with Crippen LogP contribution in [-0.4, -0.2) is 65.3 Å². The summed E-state index contributed by atoms with van der Waals surface area (Å²) in [6, 6.07) is -1.64. The summed E-state index contributed by atoms with van der Waals surface area (Å²) < 4.78 is 41.7. The average Bonchev–Trinajstić information content (AvgIpc) is 3.01. The molecule has 0 radical (unpaired) electrons. The number of hydrogen-bond donors (Lipinski definition) is 2. The Labute approximate surface area is 145 Å². The summed E-state index contributed by atoms with van der Waals surface area (Å²) >= 11 is 0. The molecule has 25 heavy (non-hydrogen) atoms. The summed E-state index contributed by atoms with van der Waals surface area (Å²) in [4.78, 5) is 17.6. The van der Waals surface area contributed by atoms with Gasteiger partial charge in [-0.15, -0.1) is 0 Å². The predicted molar refractivity (Wildman–Crippen MR) is 88.2 cm³/mol. The highest BCUT2D eigenvalue weighted by atomic mass is 19.4. The van der Waals surface area contributed by atoms with Crippen LogP contribution in [0.4, 0.5) is 13.2 Å². The molecule has 2 rings (SSSR count). The lowest BCUT2D eigenvalue weighted by molar-refractivity contribution is -0.184. The van der Waals surface area contributed by atoms with Crippen LogP contribution in [0.2, 0.25) is 0 Å². The molecule has 2 N–H and O–H groups in total. The Morgan fingerprint density at radius 3 is 2.64 bits per heavy atom. The molecule has 142 valence electrons. The monoisotopic (exact) mass is 361 g/mol. The van der Waals surface area contributed by atoms with Gasteiger partial charge in [0, 0.05) is 64.0 Å². The molecule has 0 aromatic carbocycles. The fraction of sp³-hybridized carbons (Fsp3) is 0.750. The first kappa shape index (κ1) is 19.7. The topological polar surface area (TPSA) is 62.2 Å². The number of carbonyl (C=O) groups is 1. The summed E-state index contributed by atoms with van der Waals surface area (Å²) in [6.45, 7) is 5.70. The fourth-order valence-electron chi connectivity index (χ4n) is 2.98. The minimum Gasteiger partial charge on any atom is -0.354 e. The molecular weight excluding hydrogens is 335 g/mol. The number of rotatable bonds is 7. The summed E-state index contributed by atoms with van der Waals surface area (Å²) in [5.74, 6) is 0.704. The van der Waals surface area contributed by atoms with Crippen molar-refractivity contribution in [3.63, 3.8) is 0 Å².